The summed E-state index contributed by atoms with van der Waals surface area (Å²) in [4.78, 5) is 3.89. The van der Waals surface area contributed by atoms with Crippen molar-refractivity contribution in [2.24, 2.45) is 17.3 Å². The van der Waals surface area contributed by atoms with E-state index in [0.29, 0.717) is 5.92 Å². The summed E-state index contributed by atoms with van der Waals surface area (Å²) in [6.45, 7) is 6.78. The standard InChI is InChI=1S/C16H24FNO/c1-16(2,3)13-4-5-15(19)12(8-13)6-11-7-14(17)10-18-9-11/h7,9-10,12-13,15,19H,4-6,8H2,1-3H3. The monoisotopic (exact) mass is 265 g/mol. The molecular formula is C16H24FNO. The molecule has 0 spiro atoms. The fourth-order valence-corrected chi connectivity index (χ4v) is 3.12. The van der Waals surface area contributed by atoms with E-state index in [9.17, 15) is 9.50 Å². The molecule has 106 valence electrons. The maximum atomic E-state index is 13.2. The highest BCUT2D eigenvalue weighted by molar-refractivity contribution is 5.11. The van der Waals surface area contributed by atoms with Crippen LogP contribution in [0.25, 0.3) is 0 Å². The summed E-state index contributed by atoms with van der Waals surface area (Å²) in [5.41, 5.74) is 1.16. The van der Waals surface area contributed by atoms with Crippen LogP contribution in [0.4, 0.5) is 4.39 Å². The van der Waals surface area contributed by atoms with Gasteiger partial charge in [-0.1, -0.05) is 20.8 Å². The molecule has 3 heteroatoms. The largest absolute Gasteiger partial charge is 0.393 e. The maximum Gasteiger partial charge on any atom is 0.141 e. The highest BCUT2D eigenvalue weighted by atomic mass is 19.1. The summed E-state index contributed by atoms with van der Waals surface area (Å²) in [6.07, 6.45) is 6.34. The van der Waals surface area contributed by atoms with Gasteiger partial charge in [0.2, 0.25) is 0 Å². The molecule has 3 unspecified atom stereocenters. The van der Waals surface area contributed by atoms with Gasteiger partial charge in [-0.05, 0) is 54.6 Å². The van der Waals surface area contributed by atoms with Crippen molar-refractivity contribution in [1.29, 1.82) is 0 Å². The third-order valence-electron chi connectivity index (χ3n) is 4.43. The predicted molar refractivity (Wildman–Crippen MR) is 74.2 cm³/mol. The molecule has 0 bridgehead atoms. The minimum atomic E-state index is -0.296. The number of aliphatic hydroxyl groups excluding tert-OH is 1. The van der Waals surface area contributed by atoms with Crippen LogP contribution in [-0.4, -0.2) is 16.2 Å². The highest BCUT2D eigenvalue weighted by Crippen LogP contribution is 2.41. The molecule has 0 aromatic carbocycles. The van der Waals surface area contributed by atoms with Crippen LogP contribution in [-0.2, 0) is 6.42 Å². The van der Waals surface area contributed by atoms with Gasteiger partial charge < -0.3 is 5.11 Å². The second kappa shape index (κ2) is 5.58. The van der Waals surface area contributed by atoms with Gasteiger partial charge in [-0.25, -0.2) is 4.39 Å². The zero-order valence-electron chi connectivity index (χ0n) is 12.1. The molecule has 1 fully saturated rings. The first-order chi connectivity index (χ1) is 8.86. The van der Waals surface area contributed by atoms with Crippen molar-refractivity contribution >= 4 is 0 Å². The van der Waals surface area contributed by atoms with Gasteiger partial charge in [-0.2, -0.15) is 0 Å². The van der Waals surface area contributed by atoms with Crippen LogP contribution in [0.5, 0.6) is 0 Å². The van der Waals surface area contributed by atoms with Crippen LogP contribution < -0.4 is 0 Å². The van der Waals surface area contributed by atoms with Gasteiger partial charge in [-0.3, -0.25) is 4.98 Å². The third kappa shape index (κ3) is 3.75. The molecule has 2 rings (SSSR count). The summed E-state index contributed by atoms with van der Waals surface area (Å²) >= 11 is 0. The van der Waals surface area contributed by atoms with E-state index in [2.05, 4.69) is 25.8 Å². The van der Waals surface area contributed by atoms with E-state index in [4.69, 9.17) is 0 Å². The molecular weight excluding hydrogens is 241 g/mol. The summed E-state index contributed by atoms with van der Waals surface area (Å²) < 4.78 is 13.2. The lowest BCUT2D eigenvalue weighted by Gasteiger charge is -2.40. The Labute approximate surface area is 115 Å². The first kappa shape index (κ1) is 14.4. The first-order valence-electron chi connectivity index (χ1n) is 7.14. The smallest absolute Gasteiger partial charge is 0.141 e. The Morgan fingerprint density at radius 1 is 1.32 bits per heavy atom. The average molecular weight is 265 g/mol. The van der Waals surface area contributed by atoms with Crippen molar-refractivity contribution in [3.8, 4) is 0 Å². The van der Waals surface area contributed by atoms with E-state index in [1.54, 1.807) is 6.20 Å². The van der Waals surface area contributed by atoms with Gasteiger partial charge >= 0.3 is 0 Å². The van der Waals surface area contributed by atoms with Gasteiger partial charge in [0.15, 0.2) is 0 Å². The normalized spacial score (nSPS) is 28.4. The van der Waals surface area contributed by atoms with Gasteiger partial charge in [-0.15, -0.1) is 0 Å². The summed E-state index contributed by atoms with van der Waals surface area (Å²) in [7, 11) is 0. The van der Waals surface area contributed by atoms with E-state index < -0.39 is 0 Å². The SMILES string of the molecule is CC(C)(C)C1CCC(O)C(Cc2cncc(F)c2)C1. The lowest BCUT2D eigenvalue weighted by molar-refractivity contribution is 0.0196. The Hall–Kier alpha value is -0.960. The van der Waals surface area contributed by atoms with E-state index in [1.165, 1.54) is 12.3 Å². The fraction of sp³-hybridized carbons (Fsp3) is 0.688. The van der Waals surface area contributed by atoms with Crippen molar-refractivity contribution in [1.82, 2.24) is 4.98 Å². The third-order valence-corrected chi connectivity index (χ3v) is 4.43. The molecule has 1 aromatic rings. The van der Waals surface area contributed by atoms with Gasteiger partial charge in [0.25, 0.3) is 0 Å². The molecule has 2 nitrogen and oxygen atoms in total. The molecule has 19 heavy (non-hydrogen) atoms. The number of hydrogen-bond donors (Lipinski definition) is 1. The van der Waals surface area contributed by atoms with Crippen molar-refractivity contribution < 1.29 is 9.50 Å². The van der Waals surface area contributed by atoms with Crippen molar-refractivity contribution in [3.05, 3.63) is 29.8 Å². The number of rotatable bonds is 2. The zero-order valence-corrected chi connectivity index (χ0v) is 12.1. The molecule has 1 N–H and O–H groups in total. The second-order valence-corrected chi connectivity index (χ2v) is 6.92. The number of pyridine rings is 1. The molecule has 1 aliphatic rings. The summed E-state index contributed by atoms with van der Waals surface area (Å²) in [5.74, 6) is 0.555. The van der Waals surface area contributed by atoms with Crippen LogP contribution in [0.3, 0.4) is 0 Å². The second-order valence-electron chi connectivity index (χ2n) is 6.92. The highest BCUT2D eigenvalue weighted by Gasteiger charge is 2.35. The van der Waals surface area contributed by atoms with Gasteiger partial charge in [0, 0.05) is 6.20 Å². The van der Waals surface area contributed by atoms with Gasteiger partial charge in [0.05, 0.1) is 12.3 Å². The Morgan fingerprint density at radius 3 is 2.68 bits per heavy atom. The number of aliphatic hydroxyl groups is 1. The van der Waals surface area contributed by atoms with Crippen LogP contribution >= 0.6 is 0 Å². The lowest BCUT2D eigenvalue weighted by Crippen LogP contribution is -2.35. The maximum absolute atomic E-state index is 13.2. The molecule has 3 atom stereocenters. The van der Waals surface area contributed by atoms with E-state index in [-0.39, 0.29) is 23.3 Å². The molecule has 0 aliphatic heterocycles. The van der Waals surface area contributed by atoms with E-state index >= 15 is 0 Å². The first-order valence-corrected chi connectivity index (χ1v) is 7.14. The minimum absolute atomic E-state index is 0.224. The summed E-state index contributed by atoms with van der Waals surface area (Å²) in [6, 6.07) is 1.53. The van der Waals surface area contributed by atoms with Crippen LogP contribution in [0.15, 0.2) is 18.5 Å². The topological polar surface area (TPSA) is 33.1 Å². The lowest BCUT2D eigenvalue weighted by atomic mass is 9.67. The Balaban J connectivity index is 2.05. The van der Waals surface area contributed by atoms with E-state index in [1.807, 2.05) is 0 Å². The van der Waals surface area contributed by atoms with Crippen molar-refractivity contribution in [2.45, 2.75) is 52.6 Å². The molecule has 0 amide bonds. The molecule has 1 aliphatic carbocycles. The summed E-state index contributed by atoms with van der Waals surface area (Å²) in [5, 5.41) is 10.2. The van der Waals surface area contributed by atoms with Crippen LogP contribution in [0, 0.1) is 23.1 Å². The van der Waals surface area contributed by atoms with Crippen molar-refractivity contribution in [2.75, 3.05) is 0 Å². The Kier molecular flexibility index (Phi) is 4.24. The Bertz CT molecular complexity index is 427. The van der Waals surface area contributed by atoms with E-state index in [0.717, 1.165) is 31.2 Å². The minimum Gasteiger partial charge on any atom is -0.393 e. The zero-order chi connectivity index (χ0) is 14.0. The van der Waals surface area contributed by atoms with Crippen molar-refractivity contribution in [3.63, 3.8) is 0 Å². The molecule has 0 radical (unpaired) electrons. The van der Waals surface area contributed by atoms with Crippen LogP contribution in [0.1, 0.15) is 45.6 Å². The number of hydrogen-bond acceptors (Lipinski definition) is 2. The number of aromatic nitrogens is 1. The quantitative estimate of drug-likeness (QED) is 0.886. The number of halogens is 1. The van der Waals surface area contributed by atoms with Crippen LogP contribution in [0.2, 0.25) is 0 Å². The molecule has 1 saturated carbocycles. The number of nitrogens with zero attached hydrogens (tertiary/aromatic N) is 1. The molecule has 1 heterocycles. The fourth-order valence-electron chi connectivity index (χ4n) is 3.12. The molecule has 0 saturated heterocycles. The molecule has 1 aromatic heterocycles. The Morgan fingerprint density at radius 2 is 2.05 bits per heavy atom. The predicted octanol–water partition coefficient (Wildman–Crippen LogP) is 3.59. The average Bonchev–Trinajstić information content (AvgIpc) is 2.30. The van der Waals surface area contributed by atoms with Gasteiger partial charge in [0.1, 0.15) is 5.82 Å².